The molecule has 0 unspecified atom stereocenters. The molecule has 17 heavy (non-hydrogen) atoms. The van der Waals surface area contributed by atoms with Crippen molar-refractivity contribution in [3.63, 3.8) is 0 Å². The van der Waals surface area contributed by atoms with Gasteiger partial charge in [-0.1, -0.05) is 12.1 Å². The average molecular weight is 232 g/mol. The van der Waals surface area contributed by atoms with Crippen molar-refractivity contribution in [2.24, 2.45) is 0 Å². The lowest BCUT2D eigenvalue weighted by Gasteiger charge is -2.26. The van der Waals surface area contributed by atoms with Crippen molar-refractivity contribution in [2.45, 2.75) is 13.5 Å². The minimum absolute atomic E-state index is 0.0320. The molecule has 1 aromatic carbocycles. The van der Waals surface area contributed by atoms with E-state index in [9.17, 15) is 4.79 Å². The van der Waals surface area contributed by atoms with Gasteiger partial charge in [-0.15, -0.1) is 0 Å². The van der Waals surface area contributed by atoms with Gasteiger partial charge in [-0.25, -0.2) is 5.32 Å². The third kappa shape index (κ3) is 3.84. The summed E-state index contributed by atoms with van der Waals surface area (Å²) in [6, 6.07) is 8.03. The Bertz CT molecular complexity index is 369. The third-order valence-electron chi connectivity index (χ3n) is 2.83. The summed E-state index contributed by atoms with van der Waals surface area (Å²) in [6.45, 7) is 6.48. The van der Waals surface area contributed by atoms with Crippen molar-refractivity contribution in [1.82, 2.24) is 10.2 Å². The summed E-state index contributed by atoms with van der Waals surface area (Å²) in [7, 11) is 0. The van der Waals surface area contributed by atoms with Gasteiger partial charge >= 0.3 is 0 Å². The molecule has 1 aromatic rings. The molecule has 1 saturated heterocycles. The zero-order chi connectivity index (χ0) is 12.1. The van der Waals surface area contributed by atoms with Crippen molar-refractivity contribution >= 4 is 11.6 Å². The van der Waals surface area contributed by atoms with E-state index < -0.39 is 0 Å². The Morgan fingerprint density at radius 2 is 1.94 bits per heavy atom. The maximum atomic E-state index is 10.9. The van der Waals surface area contributed by atoms with Gasteiger partial charge in [0.05, 0.1) is 0 Å². The Balaban J connectivity index is 1.90. The van der Waals surface area contributed by atoms with Crippen molar-refractivity contribution < 1.29 is 4.79 Å². The molecule has 1 amide bonds. The molecule has 1 fully saturated rings. The van der Waals surface area contributed by atoms with E-state index in [0.29, 0.717) is 0 Å². The molecule has 0 saturated carbocycles. The molecule has 1 radical (unpaired) electrons. The largest absolute Gasteiger partial charge is 0.326 e. The first-order chi connectivity index (χ1) is 8.24. The van der Waals surface area contributed by atoms with Crippen molar-refractivity contribution in [1.29, 1.82) is 0 Å². The van der Waals surface area contributed by atoms with Crippen LogP contribution in [-0.4, -0.2) is 37.0 Å². The minimum Gasteiger partial charge on any atom is -0.326 e. The predicted molar refractivity (Wildman–Crippen MR) is 67.9 cm³/mol. The van der Waals surface area contributed by atoms with E-state index in [0.717, 1.165) is 38.4 Å². The van der Waals surface area contributed by atoms with Crippen LogP contribution in [0, 0.1) is 0 Å². The van der Waals surface area contributed by atoms with Crippen LogP contribution in [0.5, 0.6) is 0 Å². The van der Waals surface area contributed by atoms with Gasteiger partial charge in [0.15, 0.2) is 0 Å². The Kier molecular flexibility index (Phi) is 4.12. The molecule has 0 bridgehead atoms. The van der Waals surface area contributed by atoms with Crippen molar-refractivity contribution in [2.75, 3.05) is 31.5 Å². The number of carbonyl (C=O) groups excluding carboxylic acids is 1. The van der Waals surface area contributed by atoms with E-state index >= 15 is 0 Å². The number of anilines is 1. The summed E-state index contributed by atoms with van der Waals surface area (Å²) in [4.78, 5) is 13.3. The number of amides is 1. The smallest absolute Gasteiger partial charge is 0.221 e. The van der Waals surface area contributed by atoms with Crippen LogP contribution in [0.3, 0.4) is 0 Å². The molecule has 91 valence electrons. The van der Waals surface area contributed by atoms with E-state index in [1.54, 1.807) is 0 Å². The highest BCUT2D eigenvalue weighted by molar-refractivity contribution is 5.88. The molecular weight excluding hydrogens is 214 g/mol. The fourth-order valence-corrected chi connectivity index (χ4v) is 1.96. The summed E-state index contributed by atoms with van der Waals surface area (Å²) in [6.07, 6.45) is 0. The highest BCUT2D eigenvalue weighted by Crippen LogP contribution is 2.11. The van der Waals surface area contributed by atoms with Crippen molar-refractivity contribution in [3.8, 4) is 0 Å². The summed E-state index contributed by atoms with van der Waals surface area (Å²) in [5.74, 6) is -0.0320. The fraction of sp³-hybridized carbons (Fsp3) is 0.462. The molecule has 4 nitrogen and oxygen atoms in total. The van der Waals surface area contributed by atoms with E-state index in [4.69, 9.17) is 0 Å². The van der Waals surface area contributed by atoms with Crippen molar-refractivity contribution in [3.05, 3.63) is 29.8 Å². The van der Waals surface area contributed by atoms with E-state index in [1.165, 1.54) is 12.5 Å². The van der Waals surface area contributed by atoms with Gasteiger partial charge in [-0.3, -0.25) is 9.69 Å². The number of carbonyl (C=O) groups is 1. The second-order valence-corrected chi connectivity index (χ2v) is 4.33. The first-order valence-electron chi connectivity index (χ1n) is 5.96. The normalized spacial score (nSPS) is 16.8. The van der Waals surface area contributed by atoms with Crippen LogP contribution in [0.15, 0.2) is 24.3 Å². The molecule has 0 aliphatic carbocycles. The van der Waals surface area contributed by atoms with E-state index in [-0.39, 0.29) is 5.91 Å². The number of rotatable bonds is 3. The van der Waals surface area contributed by atoms with E-state index in [2.05, 4.69) is 27.7 Å². The van der Waals surface area contributed by atoms with Gasteiger partial charge < -0.3 is 5.32 Å². The highest BCUT2D eigenvalue weighted by atomic mass is 16.1. The SMILES string of the molecule is CC(=O)Nc1ccc(CN2CC[N]CC2)cc1. The van der Waals surface area contributed by atoms with Crippen LogP contribution in [0.25, 0.3) is 0 Å². The number of piperazine rings is 1. The van der Waals surface area contributed by atoms with Crippen LogP contribution in [0.2, 0.25) is 0 Å². The number of benzene rings is 1. The molecule has 0 spiro atoms. The molecule has 1 aliphatic rings. The second kappa shape index (κ2) is 5.80. The van der Waals surface area contributed by atoms with Crippen LogP contribution < -0.4 is 10.6 Å². The molecule has 0 aromatic heterocycles. The second-order valence-electron chi connectivity index (χ2n) is 4.33. The Hall–Kier alpha value is -1.39. The predicted octanol–water partition coefficient (Wildman–Crippen LogP) is 1.06. The first-order valence-corrected chi connectivity index (χ1v) is 5.96. The molecule has 1 heterocycles. The molecule has 1 aliphatic heterocycles. The Morgan fingerprint density at radius 3 is 2.53 bits per heavy atom. The van der Waals surface area contributed by atoms with Crippen LogP contribution in [-0.2, 0) is 11.3 Å². The quantitative estimate of drug-likeness (QED) is 0.847. The number of hydrogen-bond donors (Lipinski definition) is 1. The number of nitrogens with zero attached hydrogens (tertiary/aromatic N) is 2. The van der Waals surface area contributed by atoms with Gasteiger partial charge in [0, 0.05) is 45.3 Å². The maximum absolute atomic E-state index is 10.9. The zero-order valence-corrected chi connectivity index (χ0v) is 10.1. The van der Waals surface area contributed by atoms with Gasteiger partial charge in [-0.05, 0) is 17.7 Å². The number of nitrogens with one attached hydrogen (secondary N) is 1. The van der Waals surface area contributed by atoms with E-state index in [1.807, 2.05) is 12.1 Å². The lowest BCUT2D eigenvalue weighted by atomic mass is 10.2. The van der Waals surface area contributed by atoms with Gasteiger partial charge in [0.2, 0.25) is 5.91 Å². The summed E-state index contributed by atoms with van der Waals surface area (Å²) >= 11 is 0. The highest BCUT2D eigenvalue weighted by Gasteiger charge is 2.10. The van der Waals surface area contributed by atoms with Crippen LogP contribution in [0.1, 0.15) is 12.5 Å². The van der Waals surface area contributed by atoms with Gasteiger partial charge in [0.25, 0.3) is 0 Å². The number of hydrogen-bond acceptors (Lipinski definition) is 2. The maximum Gasteiger partial charge on any atom is 0.221 e. The topological polar surface area (TPSA) is 46.4 Å². The minimum atomic E-state index is -0.0320. The molecule has 4 heteroatoms. The Morgan fingerprint density at radius 1 is 1.29 bits per heavy atom. The van der Waals surface area contributed by atoms with Crippen LogP contribution in [0.4, 0.5) is 5.69 Å². The molecule has 2 rings (SSSR count). The molecule has 1 N–H and O–H groups in total. The van der Waals surface area contributed by atoms with Crippen LogP contribution >= 0.6 is 0 Å². The molecule has 0 atom stereocenters. The van der Waals surface area contributed by atoms with Gasteiger partial charge in [-0.2, -0.15) is 0 Å². The Labute approximate surface area is 102 Å². The fourth-order valence-electron chi connectivity index (χ4n) is 1.96. The molecular formula is C13H18N3O. The summed E-state index contributed by atoms with van der Waals surface area (Å²) in [5.41, 5.74) is 2.14. The van der Waals surface area contributed by atoms with Gasteiger partial charge in [0.1, 0.15) is 0 Å². The standard InChI is InChI=1S/C13H18N3O/c1-11(17)15-13-4-2-12(3-5-13)10-16-8-6-14-7-9-16/h2-5H,6-10H2,1H3,(H,15,17). The first kappa shape index (κ1) is 12.1. The summed E-state index contributed by atoms with van der Waals surface area (Å²) in [5, 5.41) is 7.09. The summed E-state index contributed by atoms with van der Waals surface area (Å²) < 4.78 is 0. The third-order valence-corrected chi connectivity index (χ3v) is 2.83. The zero-order valence-electron chi connectivity index (χ0n) is 10.1. The lowest BCUT2D eigenvalue weighted by Crippen LogP contribution is -2.39. The lowest BCUT2D eigenvalue weighted by molar-refractivity contribution is -0.114. The average Bonchev–Trinajstić information content (AvgIpc) is 2.32. The monoisotopic (exact) mass is 232 g/mol.